The van der Waals surface area contributed by atoms with Crippen LogP contribution in [0.3, 0.4) is 0 Å². The number of hydrogen-bond acceptors (Lipinski definition) is 9. The van der Waals surface area contributed by atoms with Crippen molar-refractivity contribution in [2.45, 2.75) is 50.7 Å². The van der Waals surface area contributed by atoms with E-state index in [0.29, 0.717) is 54.5 Å². The summed E-state index contributed by atoms with van der Waals surface area (Å²) >= 11 is 0. The van der Waals surface area contributed by atoms with Gasteiger partial charge in [0.1, 0.15) is 41.4 Å². The topological polar surface area (TPSA) is 109 Å². The van der Waals surface area contributed by atoms with Crippen molar-refractivity contribution in [3.8, 4) is 23.0 Å². The van der Waals surface area contributed by atoms with Gasteiger partial charge in [0, 0.05) is 37.8 Å². The van der Waals surface area contributed by atoms with Gasteiger partial charge in [0.15, 0.2) is 15.7 Å². The van der Waals surface area contributed by atoms with E-state index in [2.05, 4.69) is 19.9 Å². The molecular formula is C32H34F3N5O4S. The van der Waals surface area contributed by atoms with Crippen molar-refractivity contribution >= 4 is 37.3 Å². The molecule has 3 aliphatic heterocycles. The van der Waals surface area contributed by atoms with Crippen LogP contribution in [-0.4, -0.2) is 89.4 Å². The molecule has 0 spiro atoms. The predicted octanol–water partition coefficient (Wildman–Crippen LogP) is 4.97. The van der Waals surface area contributed by atoms with Crippen LogP contribution in [0.25, 0.3) is 32.9 Å². The first-order chi connectivity index (χ1) is 21.6. The van der Waals surface area contributed by atoms with Crippen LogP contribution in [0.2, 0.25) is 0 Å². The summed E-state index contributed by atoms with van der Waals surface area (Å²) < 4.78 is 77.0. The molecule has 13 heteroatoms. The largest absolute Gasteiger partial charge is 0.508 e. The Kier molecular flexibility index (Phi) is 7.51. The van der Waals surface area contributed by atoms with Crippen LogP contribution in [0.1, 0.15) is 38.2 Å². The molecule has 45 heavy (non-hydrogen) atoms. The second kappa shape index (κ2) is 11.3. The molecule has 5 heterocycles. The van der Waals surface area contributed by atoms with E-state index >= 15 is 4.39 Å². The van der Waals surface area contributed by atoms with Gasteiger partial charge in [0.2, 0.25) is 0 Å². The molecule has 0 aliphatic carbocycles. The lowest BCUT2D eigenvalue weighted by atomic mass is 9.94. The molecule has 2 aromatic heterocycles. The summed E-state index contributed by atoms with van der Waals surface area (Å²) in [4.78, 5) is 17.4. The number of rotatable bonds is 6. The van der Waals surface area contributed by atoms with Gasteiger partial charge in [0.05, 0.1) is 22.4 Å². The Labute approximate surface area is 259 Å². The molecule has 1 N–H and O–H groups in total. The van der Waals surface area contributed by atoms with Gasteiger partial charge in [-0.15, -0.1) is 0 Å². The average molecular weight is 642 g/mol. The molecular weight excluding hydrogens is 607 g/mol. The smallest absolute Gasteiger partial charge is 0.319 e. The predicted molar refractivity (Wildman–Crippen MR) is 165 cm³/mol. The molecule has 3 saturated heterocycles. The minimum absolute atomic E-state index is 0.0380. The maximum Gasteiger partial charge on any atom is 0.319 e. The van der Waals surface area contributed by atoms with E-state index in [-0.39, 0.29) is 58.6 Å². The summed E-state index contributed by atoms with van der Waals surface area (Å²) in [6.07, 6.45) is 3.19. The fourth-order valence-electron chi connectivity index (χ4n) is 7.35. The van der Waals surface area contributed by atoms with Gasteiger partial charge >= 0.3 is 6.01 Å². The van der Waals surface area contributed by atoms with Gasteiger partial charge < -0.3 is 14.7 Å². The normalized spacial score (nSPS) is 23.5. The number of aromatic nitrogens is 3. The van der Waals surface area contributed by atoms with Gasteiger partial charge in [-0.3, -0.25) is 9.88 Å². The molecule has 0 radical (unpaired) electrons. The van der Waals surface area contributed by atoms with E-state index < -0.39 is 33.2 Å². The molecule has 9 nitrogen and oxygen atoms in total. The number of sulfone groups is 1. The van der Waals surface area contributed by atoms with E-state index in [0.717, 1.165) is 19.4 Å². The number of fused-ring (bicyclic) bond motifs is 3. The quantitative estimate of drug-likeness (QED) is 0.312. The first-order valence-electron chi connectivity index (χ1n) is 15.4. The zero-order chi connectivity index (χ0) is 31.5. The van der Waals surface area contributed by atoms with Crippen molar-refractivity contribution in [2.75, 3.05) is 49.2 Å². The molecule has 0 amide bonds. The van der Waals surface area contributed by atoms with Crippen LogP contribution in [0.15, 0.2) is 30.5 Å². The summed E-state index contributed by atoms with van der Waals surface area (Å²) in [5, 5.41) is 11.8. The molecule has 3 aliphatic rings. The summed E-state index contributed by atoms with van der Waals surface area (Å²) in [7, 11) is -3.25. The molecule has 3 fully saturated rings. The Hall–Kier alpha value is -3.71. The number of anilines is 1. The van der Waals surface area contributed by atoms with Gasteiger partial charge in [-0.1, -0.05) is 13.0 Å². The molecule has 0 bridgehead atoms. The molecule has 2 aromatic carbocycles. The number of phenols is 1. The third-order valence-corrected chi connectivity index (χ3v) is 11.2. The highest BCUT2D eigenvalue weighted by Crippen LogP contribution is 2.42. The molecule has 238 valence electrons. The number of aromatic hydroxyl groups is 1. The fraction of sp³-hybridized carbons (Fsp3) is 0.469. The van der Waals surface area contributed by atoms with E-state index in [1.165, 1.54) is 30.5 Å². The van der Waals surface area contributed by atoms with Crippen LogP contribution in [0.4, 0.5) is 19.0 Å². The molecule has 2 atom stereocenters. The first-order valence-corrected chi connectivity index (χ1v) is 17.2. The Bertz CT molecular complexity index is 1930. The lowest BCUT2D eigenvalue weighted by Gasteiger charge is -2.31. The Morgan fingerprint density at radius 3 is 2.78 bits per heavy atom. The first kappa shape index (κ1) is 30.0. The highest BCUT2D eigenvalue weighted by molar-refractivity contribution is 7.91. The summed E-state index contributed by atoms with van der Waals surface area (Å²) in [5.74, 6) is -1.14. The maximum absolute atomic E-state index is 16.7. The number of aryl methyl sites for hydroxylation is 1. The molecule has 0 saturated carbocycles. The number of ether oxygens (including phenoxy) is 1. The van der Waals surface area contributed by atoms with Gasteiger partial charge in [-0.2, -0.15) is 9.97 Å². The molecule has 7 rings (SSSR count). The fourth-order valence-corrected chi connectivity index (χ4v) is 8.62. The van der Waals surface area contributed by atoms with Crippen LogP contribution < -0.4 is 9.64 Å². The van der Waals surface area contributed by atoms with E-state index in [1.54, 1.807) is 11.8 Å². The summed E-state index contributed by atoms with van der Waals surface area (Å²) in [5.41, 5.74) is -0.143. The van der Waals surface area contributed by atoms with Crippen LogP contribution in [-0.2, 0) is 16.3 Å². The molecule has 0 unspecified atom stereocenters. The van der Waals surface area contributed by atoms with Crippen molar-refractivity contribution in [1.29, 1.82) is 0 Å². The molecule has 4 aromatic rings. The second-order valence-electron chi connectivity index (χ2n) is 12.3. The van der Waals surface area contributed by atoms with Gasteiger partial charge in [0.25, 0.3) is 0 Å². The average Bonchev–Trinajstić information content (AvgIpc) is 3.46. The number of phenolic OH excluding ortho intramolecular Hbond substituents is 1. The van der Waals surface area contributed by atoms with E-state index in [9.17, 15) is 22.3 Å². The minimum atomic E-state index is -3.25. The highest BCUT2D eigenvalue weighted by atomic mass is 32.2. The second-order valence-corrected chi connectivity index (χ2v) is 14.6. The Morgan fingerprint density at radius 1 is 1.11 bits per heavy atom. The summed E-state index contributed by atoms with van der Waals surface area (Å²) in [6.45, 7) is 3.56. The van der Waals surface area contributed by atoms with Crippen LogP contribution in [0.5, 0.6) is 11.8 Å². The zero-order valence-electron chi connectivity index (χ0n) is 24.9. The lowest BCUT2D eigenvalue weighted by Crippen LogP contribution is -2.43. The van der Waals surface area contributed by atoms with Gasteiger partial charge in [-0.25, -0.2) is 21.6 Å². The number of alkyl halides is 1. The Balaban J connectivity index is 1.38. The van der Waals surface area contributed by atoms with Gasteiger partial charge in [-0.05, 0) is 66.8 Å². The van der Waals surface area contributed by atoms with E-state index in [4.69, 9.17) is 4.74 Å². The van der Waals surface area contributed by atoms with Crippen molar-refractivity contribution in [1.82, 2.24) is 19.9 Å². The SMILES string of the molecule is CCc1c(F)ccc2cc(O)cc(-c3ncc4c(N5CCCS(=O)(=O)CC5)nc(OC[C@@]56CCCN5C[C@H](F)C6)nc4c3F)c12. The third-order valence-electron chi connectivity index (χ3n) is 9.49. The van der Waals surface area contributed by atoms with Crippen molar-refractivity contribution < 1.29 is 31.4 Å². The zero-order valence-corrected chi connectivity index (χ0v) is 25.7. The highest BCUT2D eigenvalue weighted by Gasteiger charge is 2.49. The van der Waals surface area contributed by atoms with Crippen LogP contribution >= 0.6 is 0 Å². The van der Waals surface area contributed by atoms with Crippen molar-refractivity contribution in [3.05, 3.63) is 47.7 Å². The monoisotopic (exact) mass is 641 g/mol. The summed E-state index contributed by atoms with van der Waals surface area (Å²) in [6, 6.07) is 5.60. The number of nitrogens with zero attached hydrogens (tertiary/aromatic N) is 5. The van der Waals surface area contributed by atoms with E-state index in [1.807, 2.05) is 0 Å². The standard InChI is InChI=1S/C32H34F3N5O4S/c1-2-22-25(34)6-5-19-13-21(41)14-23(26(19)22)28-27(35)29-24(16-36-28)30(39-8-4-11-45(42,43)12-10-39)38-31(37-29)44-18-32-7-3-9-40(32)17-20(33)15-32/h5-6,13-14,16,20,41H,2-4,7-12,15,17-18H2,1H3/t20-,32+/m1/s1. The third kappa shape index (κ3) is 5.33. The number of halogens is 3. The number of benzene rings is 2. The minimum Gasteiger partial charge on any atom is -0.508 e. The number of hydrogen-bond donors (Lipinski definition) is 1. The number of pyridine rings is 1. The van der Waals surface area contributed by atoms with Crippen LogP contribution in [0, 0.1) is 11.6 Å². The Morgan fingerprint density at radius 2 is 1.96 bits per heavy atom. The lowest BCUT2D eigenvalue weighted by molar-refractivity contribution is 0.107. The van der Waals surface area contributed by atoms with Crippen molar-refractivity contribution in [3.63, 3.8) is 0 Å². The van der Waals surface area contributed by atoms with Crippen molar-refractivity contribution in [2.24, 2.45) is 0 Å². The maximum atomic E-state index is 16.7.